The summed E-state index contributed by atoms with van der Waals surface area (Å²) in [7, 11) is 1.69. The highest BCUT2D eigenvalue weighted by Crippen LogP contribution is 2.33. The summed E-state index contributed by atoms with van der Waals surface area (Å²) in [6.45, 7) is 3.21. The van der Waals surface area contributed by atoms with Crippen LogP contribution >= 0.6 is 0 Å². The Morgan fingerprint density at radius 3 is 2.83 bits per heavy atom. The van der Waals surface area contributed by atoms with Gasteiger partial charge in [-0.3, -0.25) is 0 Å². The molecule has 24 heavy (non-hydrogen) atoms. The first-order chi connectivity index (χ1) is 11.8. The molecule has 2 aromatic heterocycles. The standard InChI is InChI=1S/C17H19N5O2/c1-23-15-10-12(2-3-14(15)21-6-8-24-9-7-21)13-11-22-5-4-19-16(18)17(22)20-13/h2-5,10-11H,6-9H2,1H3,(H2,18,19). The summed E-state index contributed by atoms with van der Waals surface area (Å²) in [5, 5.41) is 0. The van der Waals surface area contributed by atoms with Gasteiger partial charge in [0.1, 0.15) is 5.75 Å². The van der Waals surface area contributed by atoms with Gasteiger partial charge in [-0.25, -0.2) is 9.97 Å². The first-order valence-corrected chi connectivity index (χ1v) is 7.86. The van der Waals surface area contributed by atoms with E-state index in [9.17, 15) is 0 Å². The van der Waals surface area contributed by atoms with Crippen LogP contribution in [0.1, 0.15) is 0 Å². The Labute approximate surface area is 139 Å². The molecule has 124 valence electrons. The zero-order chi connectivity index (χ0) is 16.5. The number of ether oxygens (including phenoxy) is 2. The number of fused-ring (bicyclic) bond motifs is 1. The van der Waals surface area contributed by atoms with E-state index in [-0.39, 0.29) is 0 Å². The van der Waals surface area contributed by atoms with Crippen molar-refractivity contribution in [2.45, 2.75) is 0 Å². The molecule has 1 aromatic carbocycles. The lowest BCUT2D eigenvalue weighted by atomic mass is 10.1. The van der Waals surface area contributed by atoms with E-state index >= 15 is 0 Å². The van der Waals surface area contributed by atoms with Crippen molar-refractivity contribution in [3.8, 4) is 17.0 Å². The van der Waals surface area contributed by atoms with Crippen LogP contribution in [0.5, 0.6) is 5.75 Å². The lowest BCUT2D eigenvalue weighted by Crippen LogP contribution is -2.36. The summed E-state index contributed by atoms with van der Waals surface area (Å²) >= 11 is 0. The van der Waals surface area contributed by atoms with Crippen molar-refractivity contribution in [3.05, 3.63) is 36.8 Å². The Morgan fingerprint density at radius 2 is 2.08 bits per heavy atom. The molecule has 4 rings (SSSR count). The van der Waals surface area contributed by atoms with Crippen molar-refractivity contribution in [3.63, 3.8) is 0 Å². The van der Waals surface area contributed by atoms with Gasteiger partial charge in [0.2, 0.25) is 0 Å². The molecule has 1 aliphatic rings. The highest BCUT2D eigenvalue weighted by molar-refractivity contribution is 5.73. The Kier molecular flexibility index (Phi) is 3.70. The number of morpholine rings is 1. The first kappa shape index (κ1) is 14.8. The number of nitrogen functional groups attached to an aromatic ring is 1. The zero-order valence-electron chi connectivity index (χ0n) is 13.5. The fourth-order valence-electron chi connectivity index (χ4n) is 2.98. The fraction of sp³-hybridized carbons (Fsp3) is 0.294. The second-order valence-electron chi connectivity index (χ2n) is 5.66. The van der Waals surface area contributed by atoms with Gasteiger partial charge in [-0.1, -0.05) is 6.07 Å². The third-order valence-corrected chi connectivity index (χ3v) is 4.23. The Bertz CT molecular complexity index is 871. The largest absolute Gasteiger partial charge is 0.495 e. The van der Waals surface area contributed by atoms with Crippen molar-refractivity contribution in [2.75, 3.05) is 44.0 Å². The van der Waals surface area contributed by atoms with Gasteiger partial charge >= 0.3 is 0 Å². The molecule has 0 atom stereocenters. The van der Waals surface area contributed by atoms with Crippen LogP contribution in [0.2, 0.25) is 0 Å². The lowest BCUT2D eigenvalue weighted by molar-refractivity contribution is 0.122. The molecular weight excluding hydrogens is 306 g/mol. The molecule has 0 spiro atoms. The van der Waals surface area contributed by atoms with Crippen molar-refractivity contribution in [1.29, 1.82) is 0 Å². The molecular formula is C17H19N5O2. The quantitative estimate of drug-likeness (QED) is 0.791. The number of imidazole rings is 1. The molecule has 3 aromatic rings. The van der Waals surface area contributed by atoms with E-state index in [0.717, 1.165) is 49.0 Å². The molecule has 7 heteroatoms. The van der Waals surface area contributed by atoms with E-state index in [1.165, 1.54) is 0 Å². The van der Waals surface area contributed by atoms with Gasteiger partial charge in [-0.05, 0) is 12.1 Å². The Balaban J connectivity index is 1.73. The minimum atomic E-state index is 0.417. The number of rotatable bonds is 3. The van der Waals surface area contributed by atoms with E-state index in [2.05, 4.69) is 27.0 Å². The summed E-state index contributed by atoms with van der Waals surface area (Å²) in [5.74, 6) is 1.25. The number of nitrogens with zero attached hydrogens (tertiary/aromatic N) is 4. The van der Waals surface area contributed by atoms with Gasteiger partial charge in [0.25, 0.3) is 0 Å². The molecule has 0 unspecified atom stereocenters. The summed E-state index contributed by atoms with van der Waals surface area (Å²) in [6, 6.07) is 6.14. The number of anilines is 2. The van der Waals surface area contributed by atoms with Gasteiger partial charge < -0.3 is 24.5 Å². The number of methoxy groups -OCH3 is 1. The normalized spacial score (nSPS) is 15.0. The molecule has 0 amide bonds. The van der Waals surface area contributed by atoms with E-state index in [1.54, 1.807) is 13.3 Å². The van der Waals surface area contributed by atoms with Crippen LogP contribution in [0, 0.1) is 0 Å². The third-order valence-electron chi connectivity index (χ3n) is 4.23. The summed E-state index contributed by atoms with van der Waals surface area (Å²) in [5.41, 5.74) is 9.44. The van der Waals surface area contributed by atoms with Crippen LogP contribution in [0.15, 0.2) is 36.8 Å². The summed E-state index contributed by atoms with van der Waals surface area (Å²) < 4.78 is 12.9. The van der Waals surface area contributed by atoms with Crippen LogP contribution < -0.4 is 15.4 Å². The first-order valence-electron chi connectivity index (χ1n) is 7.86. The van der Waals surface area contributed by atoms with Gasteiger partial charge in [-0.15, -0.1) is 0 Å². The maximum atomic E-state index is 5.89. The summed E-state index contributed by atoms with van der Waals surface area (Å²) in [6.07, 6.45) is 5.44. The molecule has 1 aliphatic heterocycles. The van der Waals surface area contributed by atoms with Gasteiger partial charge in [0.15, 0.2) is 11.5 Å². The summed E-state index contributed by atoms with van der Waals surface area (Å²) in [4.78, 5) is 10.9. The van der Waals surface area contributed by atoms with E-state index < -0.39 is 0 Å². The highest BCUT2D eigenvalue weighted by Gasteiger charge is 2.17. The zero-order valence-corrected chi connectivity index (χ0v) is 13.5. The highest BCUT2D eigenvalue weighted by atomic mass is 16.5. The Hall–Kier alpha value is -2.80. The number of aromatic nitrogens is 3. The van der Waals surface area contributed by atoms with Crippen LogP contribution in [0.25, 0.3) is 16.9 Å². The molecule has 0 saturated carbocycles. The van der Waals surface area contributed by atoms with Crippen LogP contribution in [0.3, 0.4) is 0 Å². The average molecular weight is 325 g/mol. The van der Waals surface area contributed by atoms with Gasteiger partial charge in [-0.2, -0.15) is 0 Å². The van der Waals surface area contributed by atoms with E-state index in [4.69, 9.17) is 15.2 Å². The smallest absolute Gasteiger partial charge is 0.180 e. The number of hydrogen-bond donors (Lipinski definition) is 1. The maximum absolute atomic E-state index is 5.89. The molecule has 1 fully saturated rings. The Morgan fingerprint density at radius 1 is 1.25 bits per heavy atom. The second-order valence-corrected chi connectivity index (χ2v) is 5.66. The maximum Gasteiger partial charge on any atom is 0.180 e. The lowest BCUT2D eigenvalue weighted by Gasteiger charge is -2.30. The minimum absolute atomic E-state index is 0.417. The van der Waals surface area contributed by atoms with Crippen molar-refractivity contribution >= 4 is 17.2 Å². The number of hydrogen-bond acceptors (Lipinski definition) is 6. The SMILES string of the molecule is COc1cc(-c2cn3ccnc(N)c3n2)ccc1N1CCOCC1. The second kappa shape index (κ2) is 6.01. The van der Waals surface area contributed by atoms with Gasteiger partial charge in [0.05, 0.1) is 31.7 Å². The number of benzene rings is 1. The fourth-order valence-corrected chi connectivity index (χ4v) is 2.98. The number of nitrogens with two attached hydrogens (primary N) is 1. The molecule has 1 saturated heterocycles. The predicted molar refractivity (Wildman–Crippen MR) is 92.4 cm³/mol. The van der Waals surface area contributed by atoms with E-state index in [1.807, 2.05) is 22.9 Å². The molecule has 0 bridgehead atoms. The molecule has 7 nitrogen and oxygen atoms in total. The van der Waals surface area contributed by atoms with Crippen LogP contribution in [-0.2, 0) is 4.74 Å². The topological polar surface area (TPSA) is 77.9 Å². The van der Waals surface area contributed by atoms with Crippen LogP contribution in [-0.4, -0.2) is 47.8 Å². The molecule has 0 aliphatic carbocycles. The average Bonchev–Trinajstić information content (AvgIpc) is 3.08. The molecule has 2 N–H and O–H groups in total. The van der Waals surface area contributed by atoms with Crippen molar-refractivity contribution < 1.29 is 9.47 Å². The molecule has 0 radical (unpaired) electrons. The third kappa shape index (κ3) is 2.52. The van der Waals surface area contributed by atoms with Crippen molar-refractivity contribution in [1.82, 2.24) is 14.4 Å². The monoisotopic (exact) mass is 325 g/mol. The van der Waals surface area contributed by atoms with Gasteiger partial charge in [0, 0.05) is 37.2 Å². The van der Waals surface area contributed by atoms with E-state index in [0.29, 0.717) is 11.5 Å². The van der Waals surface area contributed by atoms with Crippen molar-refractivity contribution in [2.24, 2.45) is 0 Å². The predicted octanol–water partition coefficient (Wildman–Crippen LogP) is 1.82. The van der Waals surface area contributed by atoms with Crippen LogP contribution in [0.4, 0.5) is 11.5 Å². The molecule has 3 heterocycles. The minimum Gasteiger partial charge on any atom is -0.495 e.